The van der Waals surface area contributed by atoms with E-state index in [-0.39, 0.29) is 5.41 Å². The van der Waals surface area contributed by atoms with Crippen molar-refractivity contribution in [1.82, 2.24) is 9.38 Å². The van der Waals surface area contributed by atoms with Gasteiger partial charge in [0.15, 0.2) is 4.96 Å². The van der Waals surface area contributed by atoms with Gasteiger partial charge in [0.2, 0.25) is 0 Å². The summed E-state index contributed by atoms with van der Waals surface area (Å²) in [6.07, 6.45) is 0. The number of thiazole rings is 1. The fraction of sp³-hybridized carbons (Fsp3) is 0.213. The van der Waals surface area contributed by atoms with E-state index in [9.17, 15) is 0 Å². The van der Waals surface area contributed by atoms with Gasteiger partial charge in [0.1, 0.15) is 0 Å². The fourth-order valence-electron chi connectivity index (χ4n) is 9.18. The predicted molar refractivity (Wildman–Crippen MR) is 277 cm³/mol. The zero-order valence-electron chi connectivity index (χ0n) is 35.5. The molecule has 16 heteroatoms. The lowest BCUT2D eigenvalue weighted by Crippen LogP contribution is -2.40. The largest absolute Gasteiger partial charge is 0.283 e. The van der Waals surface area contributed by atoms with E-state index in [1.165, 1.54) is 16.9 Å². The summed E-state index contributed by atoms with van der Waals surface area (Å²) in [7, 11) is 79.2. The SMILES string of the molecule is [B]C([B])([B])c1ccc(-c2c(C([B])([B])[B])ccc3c2Sc2ccccc2C(C)(C)C3(C)C)cc1-c1cc(-c2c(C([B])([B])[B])ccc3c2sc2nc4ccccc4n23)ccc1C([B])([B])[B]. The summed E-state index contributed by atoms with van der Waals surface area (Å²) in [4.78, 5) is 7.73. The molecular weight excluding hydrogens is 786 g/mol. The summed E-state index contributed by atoms with van der Waals surface area (Å²) >= 11 is 3.13. The molecule has 2 nitrogen and oxygen atoms in total. The second-order valence-corrected chi connectivity index (χ2v) is 20.2. The molecule has 63 heavy (non-hydrogen) atoms. The number of fused-ring (bicyclic) bond motifs is 7. The molecule has 0 atom stereocenters. The average Bonchev–Trinajstić information content (AvgIpc) is 3.73. The summed E-state index contributed by atoms with van der Waals surface area (Å²) in [5.41, 5.74) is 9.76. The summed E-state index contributed by atoms with van der Waals surface area (Å²) in [5.74, 6) is 0. The van der Waals surface area contributed by atoms with E-state index in [0.29, 0.717) is 50.1 Å². The molecule has 276 valence electrons. The van der Waals surface area contributed by atoms with E-state index in [2.05, 4.69) is 56.4 Å². The van der Waals surface area contributed by atoms with Crippen LogP contribution in [0.4, 0.5) is 0 Å². The van der Waals surface area contributed by atoms with Gasteiger partial charge < -0.3 is 0 Å². The van der Waals surface area contributed by atoms with Crippen molar-refractivity contribution in [2.45, 2.75) is 68.8 Å². The highest BCUT2D eigenvalue weighted by atomic mass is 32.2. The number of nitrogens with zero attached hydrogens (tertiary/aromatic N) is 2. The Kier molecular flexibility index (Phi) is 10.4. The van der Waals surface area contributed by atoms with Crippen LogP contribution in [-0.4, -0.2) is 104 Å². The van der Waals surface area contributed by atoms with Crippen molar-refractivity contribution in [2.75, 3.05) is 0 Å². The molecule has 3 heterocycles. The van der Waals surface area contributed by atoms with E-state index in [0.717, 1.165) is 47.1 Å². The van der Waals surface area contributed by atoms with Crippen LogP contribution in [0.2, 0.25) is 0 Å². The van der Waals surface area contributed by atoms with Gasteiger partial charge in [-0.3, -0.25) is 4.40 Å². The van der Waals surface area contributed by atoms with Crippen LogP contribution >= 0.6 is 23.1 Å². The molecular formula is C47H30B12N2S2. The van der Waals surface area contributed by atoms with Gasteiger partial charge in [-0.15, -0.1) is 20.5 Å². The highest BCUT2D eigenvalue weighted by Gasteiger charge is 2.45. The zero-order valence-corrected chi connectivity index (χ0v) is 37.2. The molecule has 24 radical (unpaired) electrons. The third kappa shape index (κ3) is 7.24. The molecule has 0 unspecified atom stereocenters. The Morgan fingerprint density at radius 3 is 1.59 bits per heavy atom. The maximum Gasteiger partial charge on any atom is 0.195 e. The van der Waals surface area contributed by atoms with Gasteiger partial charge in [0.25, 0.3) is 0 Å². The molecule has 1 aliphatic heterocycles. The van der Waals surface area contributed by atoms with Crippen LogP contribution in [0.15, 0.2) is 119 Å². The first-order valence-corrected chi connectivity index (χ1v) is 22.0. The van der Waals surface area contributed by atoms with Gasteiger partial charge >= 0.3 is 0 Å². The van der Waals surface area contributed by atoms with Gasteiger partial charge in [-0.1, -0.05) is 146 Å². The Labute approximate surface area is 395 Å². The lowest BCUT2D eigenvalue weighted by Gasteiger charge is -2.43. The molecule has 6 aromatic carbocycles. The normalized spacial score (nSPS) is 15.3. The molecule has 0 saturated carbocycles. The highest BCUT2D eigenvalue weighted by molar-refractivity contribution is 7.99. The molecule has 0 spiro atoms. The van der Waals surface area contributed by atoms with Crippen molar-refractivity contribution in [1.29, 1.82) is 0 Å². The Morgan fingerprint density at radius 1 is 0.492 bits per heavy atom. The van der Waals surface area contributed by atoms with E-state index in [1.54, 1.807) is 23.9 Å². The van der Waals surface area contributed by atoms with Crippen molar-refractivity contribution in [3.05, 3.63) is 143 Å². The second-order valence-electron chi connectivity index (χ2n) is 18.1. The third-order valence-corrected chi connectivity index (χ3v) is 15.3. The predicted octanol–water partition coefficient (Wildman–Crippen LogP) is 6.89. The summed E-state index contributed by atoms with van der Waals surface area (Å²) in [5, 5.41) is -7.21. The minimum absolute atomic E-state index is 0.296. The number of hydrogen-bond acceptors (Lipinski definition) is 3. The molecule has 9 rings (SSSR count). The molecule has 0 aliphatic carbocycles. The smallest absolute Gasteiger partial charge is 0.195 e. The Bertz CT molecular complexity index is 3160. The summed E-state index contributed by atoms with van der Waals surface area (Å²) in [6, 6.07) is 35.3. The monoisotopic (exact) mass is 818 g/mol. The van der Waals surface area contributed by atoms with Crippen molar-refractivity contribution < 1.29 is 0 Å². The van der Waals surface area contributed by atoms with Crippen LogP contribution in [0.1, 0.15) is 61.1 Å². The topological polar surface area (TPSA) is 17.3 Å². The van der Waals surface area contributed by atoms with Crippen molar-refractivity contribution in [3.63, 3.8) is 0 Å². The van der Waals surface area contributed by atoms with Crippen LogP contribution in [0.25, 0.3) is 59.6 Å². The Balaban J connectivity index is 1.36. The van der Waals surface area contributed by atoms with Crippen molar-refractivity contribution in [3.8, 4) is 33.4 Å². The van der Waals surface area contributed by atoms with Crippen LogP contribution < -0.4 is 0 Å². The van der Waals surface area contributed by atoms with Gasteiger partial charge in [-0.2, -0.15) is 0 Å². The third-order valence-electron chi connectivity index (χ3n) is 13.0. The molecule has 0 saturated heterocycles. The maximum atomic E-state index is 6.64. The average molecular weight is 817 g/mol. The molecule has 0 bridgehead atoms. The molecule has 8 aromatic rings. The summed E-state index contributed by atoms with van der Waals surface area (Å²) in [6.45, 7) is 9.04. The standard InChI is InChI=1S/C47H30B12N2S2/c1-42(2)29-9-5-8-12-36(29)62-39-32(43(42,3)4)18-17-30(46(54,55)56)37(39)23-13-15-27(44(48,49)50)25(21-23)26-22-24(14-16-28(26)45(51,52)53)38-31(47(57,58)59)19-20-35-40(38)63-41-60-33-10-6-7-11-34(33)61(35)41/h5-22H,1-4H3. The number of benzene rings is 6. The minimum Gasteiger partial charge on any atom is -0.283 e. The Hall–Kier alpha value is -3.86. The van der Waals surface area contributed by atoms with Gasteiger partial charge in [-0.25, -0.2) is 4.98 Å². The van der Waals surface area contributed by atoms with Crippen molar-refractivity contribution in [2.24, 2.45) is 0 Å². The minimum atomic E-state index is -1.86. The number of para-hydroxylation sites is 2. The molecule has 0 fully saturated rings. The Morgan fingerprint density at radius 2 is 0.984 bits per heavy atom. The van der Waals surface area contributed by atoms with E-state index < -0.39 is 25.9 Å². The summed E-state index contributed by atoms with van der Waals surface area (Å²) < 4.78 is 2.95. The van der Waals surface area contributed by atoms with Gasteiger partial charge in [-0.05, 0) is 86.2 Å². The second kappa shape index (κ2) is 14.8. The van der Waals surface area contributed by atoms with Crippen molar-refractivity contribution >= 4 is 143 Å². The number of imidazole rings is 1. The first-order chi connectivity index (χ1) is 29.3. The molecule has 1 aliphatic rings. The van der Waals surface area contributed by atoms with Gasteiger partial charge in [0, 0.05) is 15.4 Å². The first kappa shape index (κ1) is 44.3. The van der Waals surface area contributed by atoms with E-state index >= 15 is 0 Å². The zero-order chi connectivity index (χ0) is 45.4. The van der Waals surface area contributed by atoms with Crippen LogP contribution in [0, 0.1) is 0 Å². The molecule has 0 N–H and O–H groups in total. The lowest BCUT2D eigenvalue weighted by atomic mass is 9.38. The van der Waals surface area contributed by atoms with Crippen LogP contribution in [-0.2, 0) is 31.3 Å². The fourth-order valence-corrected chi connectivity index (χ4v) is 11.9. The molecule has 0 amide bonds. The lowest BCUT2D eigenvalue weighted by molar-refractivity contribution is 0.296. The maximum absolute atomic E-state index is 6.64. The van der Waals surface area contributed by atoms with E-state index in [1.807, 2.05) is 72.8 Å². The quantitative estimate of drug-likeness (QED) is 0.163. The van der Waals surface area contributed by atoms with Crippen LogP contribution in [0.5, 0.6) is 0 Å². The first-order valence-electron chi connectivity index (χ1n) is 20.4. The number of rotatable bonds is 7. The molecule has 2 aromatic heterocycles. The van der Waals surface area contributed by atoms with Crippen LogP contribution in [0.3, 0.4) is 0 Å². The highest BCUT2D eigenvalue weighted by Crippen LogP contribution is 2.57. The number of aromatic nitrogens is 2. The van der Waals surface area contributed by atoms with E-state index in [4.69, 9.17) is 99.1 Å². The number of hydrogen-bond donors (Lipinski definition) is 0. The van der Waals surface area contributed by atoms with Gasteiger partial charge in [0.05, 0.1) is 115 Å².